The molecule has 0 saturated carbocycles. The monoisotopic (exact) mass is 381 g/mol. The Hall–Kier alpha value is -3.43. The van der Waals surface area contributed by atoms with Crippen molar-refractivity contribution in [1.82, 2.24) is 9.97 Å². The molecule has 0 saturated heterocycles. The summed E-state index contributed by atoms with van der Waals surface area (Å²) in [6, 6.07) is 28.7. The summed E-state index contributed by atoms with van der Waals surface area (Å²) in [5, 5.41) is 2.63. The van der Waals surface area contributed by atoms with E-state index in [1.54, 1.807) is 12.4 Å². The van der Waals surface area contributed by atoms with E-state index < -0.39 is 0 Å². The number of halogens is 1. The lowest BCUT2D eigenvalue weighted by atomic mass is 10.0. The van der Waals surface area contributed by atoms with Gasteiger partial charge in [0.25, 0.3) is 0 Å². The van der Waals surface area contributed by atoms with Crippen LogP contribution in [0.5, 0.6) is 0 Å². The normalized spacial score (nSPS) is 11.0. The van der Waals surface area contributed by atoms with Crippen LogP contribution >= 0.6 is 11.6 Å². The Bertz CT molecular complexity index is 1170. The second-order valence-electron chi connectivity index (χ2n) is 6.47. The van der Waals surface area contributed by atoms with Crippen molar-refractivity contribution < 1.29 is 0 Å². The van der Waals surface area contributed by atoms with Gasteiger partial charge in [-0.05, 0) is 24.3 Å². The molecule has 0 unspecified atom stereocenters. The van der Waals surface area contributed by atoms with Crippen molar-refractivity contribution in [2.75, 3.05) is 4.90 Å². The Morgan fingerprint density at radius 2 is 1.07 bits per heavy atom. The maximum atomic E-state index is 6.72. The summed E-state index contributed by atoms with van der Waals surface area (Å²) in [7, 11) is 0. The lowest BCUT2D eigenvalue weighted by Crippen LogP contribution is -2.11. The largest absolute Gasteiger partial charge is 0.308 e. The topological polar surface area (TPSA) is 29.0 Å². The fourth-order valence-corrected chi connectivity index (χ4v) is 3.90. The van der Waals surface area contributed by atoms with E-state index >= 15 is 0 Å². The Morgan fingerprint density at radius 3 is 1.68 bits per heavy atom. The third kappa shape index (κ3) is 2.68. The number of anilines is 3. The minimum Gasteiger partial charge on any atom is -0.308 e. The van der Waals surface area contributed by atoms with Crippen LogP contribution in [-0.2, 0) is 0 Å². The Morgan fingerprint density at radius 1 is 0.571 bits per heavy atom. The first-order valence-corrected chi connectivity index (χ1v) is 9.43. The van der Waals surface area contributed by atoms with Crippen LogP contribution in [-0.4, -0.2) is 9.97 Å². The Kier molecular flexibility index (Phi) is 4.15. The standard InChI is InChI=1S/C24H16ClN3/c25-21-19-13-7-8-14-20(19)24(23-22(21)26-15-16-27-23)28(17-9-3-1-4-10-17)18-11-5-2-6-12-18/h1-16H. The van der Waals surface area contributed by atoms with Gasteiger partial charge in [-0.2, -0.15) is 0 Å². The van der Waals surface area contributed by atoms with Gasteiger partial charge in [-0.25, -0.2) is 0 Å². The van der Waals surface area contributed by atoms with Gasteiger partial charge in [0, 0.05) is 34.5 Å². The molecule has 0 N–H and O–H groups in total. The maximum Gasteiger partial charge on any atom is 0.115 e. The van der Waals surface area contributed by atoms with E-state index in [0.29, 0.717) is 10.5 Å². The van der Waals surface area contributed by atoms with Gasteiger partial charge < -0.3 is 4.90 Å². The molecule has 0 atom stereocenters. The number of aromatic nitrogens is 2. The van der Waals surface area contributed by atoms with Crippen LogP contribution < -0.4 is 4.90 Å². The molecule has 1 heterocycles. The zero-order valence-electron chi connectivity index (χ0n) is 15.0. The molecule has 0 radical (unpaired) electrons. The number of rotatable bonds is 3. The second kappa shape index (κ2) is 6.95. The van der Waals surface area contributed by atoms with Gasteiger partial charge in [0.1, 0.15) is 11.0 Å². The minimum absolute atomic E-state index is 0.628. The number of benzene rings is 4. The maximum absolute atomic E-state index is 6.72. The molecular formula is C24H16ClN3. The molecule has 3 nitrogen and oxygen atoms in total. The average molecular weight is 382 g/mol. The van der Waals surface area contributed by atoms with E-state index in [0.717, 1.165) is 33.4 Å². The molecule has 134 valence electrons. The van der Waals surface area contributed by atoms with Crippen LogP contribution in [0.3, 0.4) is 0 Å². The van der Waals surface area contributed by atoms with Crippen LogP contribution in [0, 0.1) is 0 Å². The van der Waals surface area contributed by atoms with Crippen molar-refractivity contribution in [2.24, 2.45) is 0 Å². The summed E-state index contributed by atoms with van der Waals surface area (Å²) in [4.78, 5) is 11.4. The van der Waals surface area contributed by atoms with Crippen molar-refractivity contribution >= 4 is 50.5 Å². The van der Waals surface area contributed by atoms with Gasteiger partial charge in [0.15, 0.2) is 0 Å². The summed E-state index contributed by atoms with van der Waals surface area (Å²) >= 11 is 6.72. The fraction of sp³-hybridized carbons (Fsp3) is 0. The van der Waals surface area contributed by atoms with Crippen molar-refractivity contribution in [3.8, 4) is 0 Å². The molecule has 0 aliphatic rings. The highest BCUT2D eigenvalue weighted by Gasteiger charge is 2.21. The molecular weight excluding hydrogens is 366 g/mol. The van der Waals surface area contributed by atoms with Gasteiger partial charge in [0.05, 0.1) is 10.7 Å². The first kappa shape index (κ1) is 16.7. The predicted octanol–water partition coefficient (Wildman–Crippen LogP) is 6.91. The quantitative estimate of drug-likeness (QED) is 0.318. The van der Waals surface area contributed by atoms with Crippen molar-refractivity contribution in [3.63, 3.8) is 0 Å². The molecule has 28 heavy (non-hydrogen) atoms. The number of fused-ring (bicyclic) bond motifs is 2. The van der Waals surface area contributed by atoms with Crippen LogP contribution in [0.4, 0.5) is 17.1 Å². The van der Waals surface area contributed by atoms with Crippen LogP contribution in [0.25, 0.3) is 21.8 Å². The van der Waals surface area contributed by atoms with Gasteiger partial charge >= 0.3 is 0 Å². The number of para-hydroxylation sites is 2. The van der Waals surface area contributed by atoms with E-state index in [-0.39, 0.29) is 0 Å². The number of hydrogen-bond acceptors (Lipinski definition) is 3. The predicted molar refractivity (Wildman–Crippen MR) is 117 cm³/mol. The van der Waals surface area contributed by atoms with Gasteiger partial charge in [-0.1, -0.05) is 72.3 Å². The van der Waals surface area contributed by atoms with Crippen molar-refractivity contribution in [3.05, 3.63) is 102 Å². The number of hydrogen-bond donors (Lipinski definition) is 0. The highest BCUT2D eigenvalue weighted by atomic mass is 35.5. The Balaban J connectivity index is 1.95. The van der Waals surface area contributed by atoms with Crippen LogP contribution in [0.2, 0.25) is 5.02 Å². The molecule has 4 heteroatoms. The molecule has 0 aliphatic carbocycles. The van der Waals surface area contributed by atoms with E-state index in [1.807, 2.05) is 54.6 Å². The van der Waals surface area contributed by atoms with Crippen molar-refractivity contribution in [1.29, 1.82) is 0 Å². The Labute approximate surface area is 167 Å². The summed E-state index contributed by atoms with van der Waals surface area (Å²) < 4.78 is 0. The fourth-order valence-electron chi connectivity index (χ4n) is 3.60. The summed E-state index contributed by atoms with van der Waals surface area (Å²) in [5.41, 5.74) is 4.55. The van der Waals surface area contributed by atoms with Gasteiger partial charge in [-0.15, -0.1) is 0 Å². The highest BCUT2D eigenvalue weighted by Crippen LogP contribution is 2.45. The van der Waals surface area contributed by atoms with E-state index in [1.165, 1.54) is 0 Å². The zero-order valence-corrected chi connectivity index (χ0v) is 15.7. The number of nitrogens with zero attached hydrogens (tertiary/aromatic N) is 3. The molecule has 4 aromatic carbocycles. The lowest BCUT2D eigenvalue weighted by Gasteiger charge is -2.27. The molecule has 1 aromatic heterocycles. The SMILES string of the molecule is Clc1c2ccccc2c(N(c2ccccc2)c2ccccc2)c2nccnc12. The van der Waals surface area contributed by atoms with Gasteiger partial charge in [0.2, 0.25) is 0 Å². The lowest BCUT2D eigenvalue weighted by molar-refractivity contribution is 1.26. The zero-order chi connectivity index (χ0) is 18.9. The van der Waals surface area contributed by atoms with E-state index in [4.69, 9.17) is 11.6 Å². The van der Waals surface area contributed by atoms with Crippen LogP contribution in [0.1, 0.15) is 0 Å². The summed E-state index contributed by atoms with van der Waals surface area (Å²) in [6.45, 7) is 0. The smallest absolute Gasteiger partial charge is 0.115 e. The summed E-state index contributed by atoms with van der Waals surface area (Å²) in [6.07, 6.45) is 3.40. The third-order valence-electron chi connectivity index (χ3n) is 4.80. The average Bonchev–Trinajstić information content (AvgIpc) is 2.78. The summed E-state index contributed by atoms with van der Waals surface area (Å²) in [5.74, 6) is 0. The van der Waals surface area contributed by atoms with Crippen molar-refractivity contribution in [2.45, 2.75) is 0 Å². The molecule has 0 bridgehead atoms. The van der Waals surface area contributed by atoms with E-state index in [9.17, 15) is 0 Å². The molecule has 0 aliphatic heterocycles. The molecule has 5 rings (SSSR count). The molecule has 0 spiro atoms. The molecule has 0 fully saturated rings. The minimum atomic E-state index is 0.628. The van der Waals surface area contributed by atoms with E-state index in [2.05, 4.69) is 45.2 Å². The molecule has 5 aromatic rings. The first-order chi connectivity index (χ1) is 13.8. The van der Waals surface area contributed by atoms with Gasteiger partial charge in [-0.3, -0.25) is 9.97 Å². The molecule has 0 amide bonds. The highest BCUT2D eigenvalue weighted by molar-refractivity contribution is 6.41. The second-order valence-corrected chi connectivity index (χ2v) is 6.85. The van der Waals surface area contributed by atoms with Crippen LogP contribution in [0.15, 0.2) is 97.3 Å². The first-order valence-electron chi connectivity index (χ1n) is 9.06. The third-order valence-corrected chi connectivity index (χ3v) is 5.18.